The van der Waals surface area contributed by atoms with Crippen molar-refractivity contribution in [1.29, 1.82) is 0 Å². The lowest BCUT2D eigenvalue weighted by molar-refractivity contribution is -0.149. The molecule has 0 spiro atoms. The zero-order valence-corrected chi connectivity index (χ0v) is 10.1. The van der Waals surface area contributed by atoms with Gasteiger partial charge in [0.2, 0.25) is 0 Å². The third-order valence-electron chi connectivity index (χ3n) is 2.45. The Kier molecular flexibility index (Phi) is 5.14. The maximum absolute atomic E-state index is 12.8. The molecule has 0 aliphatic heterocycles. The van der Waals surface area contributed by atoms with Gasteiger partial charge < -0.3 is 10.1 Å². The van der Waals surface area contributed by atoms with Gasteiger partial charge in [0.1, 0.15) is 11.9 Å². The minimum Gasteiger partial charge on any atom is -0.469 e. The number of rotatable bonds is 5. The molecule has 0 aromatic heterocycles. The van der Waals surface area contributed by atoms with Crippen LogP contribution in [0, 0.1) is 5.82 Å². The van der Waals surface area contributed by atoms with Crippen LogP contribution in [0.5, 0.6) is 0 Å². The van der Waals surface area contributed by atoms with Gasteiger partial charge in [-0.25, -0.2) is 4.39 Å². The summed E-state index contributed by atoms with van der Waals surface area (Å²) in [5.74, 6) is -1.25. The Bertz CT molecular complexity index is 417. The van der Waals surface area contributed by atoms with E-state index in [2.05, 4.69) is 10.1 Å². The maximum Gasteiger partial charge on any atom is 0.408 e. The number of hydrogen-bond donors (Lipinski definition) is 1. The van der Waals surface area contributed by atoms with E-state index in [9.17, 15) is 22.4 Å². The summed E-state index contributed by atoms with van der Waals surface area (Å²) in [6.45, 7) is 0. The van der Waals surface area contributed by atoms with Gasteiger partial charge in [0.15, 0.2) is 0 Å². The highest BCUT2D eigenvalue weighted by atomic mass is 19.4. The zero-order valence-electron chi connectivity index (χ0n) is 10.1. The minimum atomic E-state index is -4.51. The molecule has 3 nitrogen and oxygen atoms in total. The van der Waals surface area contributed by atoms with Crippen LogP contribution in [0.15, 0.2) is 24.3 Å². The SMILES string of the molecule is COC(=O)CCC(Nc1ccc(F)cc1)C(F)(F)F. The van der Waals surface area contributed by atoms with E-state index in [0.717, 1.165) is 19.2 Å². The van der Waals surface area contributed by atoms with Crippen LogP contribution in [-0.2, 0) is 9.53 Å². The second-order valence-corrected chi connectivity index (χ2v) is 3.86. The number of hydrogen-bond acceptors (Lipinski definition) is 3. The van der Waals surface area contributed by atoms with E-state index in [0.29, 0.717) is 0 Å². The average molecular weight is 279 g/mol. The largest absolute Gasteiger partial charge is 0.469 e. The van der Waals surface area contributed by atoms with Gasteiger partial charge in [0.25, 0.3) is 0 Å². The number of nitrogens with one attached hydrogen (secondary N) is 1. The number of ether oxygens (including phenoxy) is 1. The van der Waals surface area contributed by atoms with Crippen LogP contribution in [0.25, 0.3) is 0 Å². The maximum atomic E-state index is 12.8. The summed E-state index contributed by atoms with van der Waals surface area (Å²) in [6.07, 6.45) is -5.31. The molecule has 0 radical (unpaired) electrons. The second-order valence-electron chi connectivity index (χ2n) is 3.86. The second kappa shape index (κ2) is 6.40. The van der Waals surface area contributed by atoms with Crippen molar-refractivity contribution in [3.63, 3.8) is 0 Å². The van der Waals surface area contributed by atoms with Gasteiger partial charge in [-0.3, -0.25) is 4.79 Å². The van der Waals surface area contributed by atoms with Gasteiger partial charge in [0.05, 0.1) is 7.11 Å². The van der Waals surface area contributed by atoms with Crippen molar-refractivity contribution in [2.24, 2.45) is 0 Å². The highest BCUT2D eigenvalue weighted by Gasteiger charge is 2.39. The first-order chi connectivity index (χ1) is 8.82. The Labute approximate surface area is 107 Å². The molecular weight excluding hydrogens is 266 g/mol. The molecule has 106 valence electrons. The average Bonchev–Trinajstić information content (AvgIpc) is 2.34. The first kappa shape index (κ1) is 15.3. The molecule has 1 aromatic carbocycles. The van der Waals surface area contributed by atoms with Crippen molar-refractivity contribution in [1.82, 2.24) is 0 Å². The highest BCUT2D eigenvalue weighted by molar-refractivity contribution is 5.69. The molecule has 1 atom stereocenters. The third-order valence-corrected chi connectivity index (χ3v) is 2.45. The van der Waals surface area contributed by atoms with Crippen LogP contribution in [0.2, 0.25) is 0 Å². The summed E-state index contributed by atoms with van der Waals surface area (Å²) >= 11 is 0. The lowest BCUT2D eigenvalue weighted by atomic mass is 10.1. The molecule has 7 heteroatoms. The quantitative estimate of drug-likeness (QED) is 0.664. The van der Waals surface area contributed by atoms with E-state index in [4.69, 9.17) is 0 Å². The molecule has 0 bridgehead atoms. The molecule has 1 unspecified atom stereocenters. The highest BCUT2D eigenvalue weighted by Crippen LogP contribution is 2.27. The number of methoxy groups -OCH3 is 1. The predicted octanol–water partition coefficient (Wildman–Crippen LogP) is 3.12. The summed E-state index contributed by atoms with van der Waals surface area (Å²) in [5.41, 5.74) is 0.133. The molecule has 0 heterocycles. The van der Waals surface area contributed by atoms with Gasteiger partial charge >= 0.3 is 12.1 Å². The number of esters is 1. The Morgan fingerprint density at radius 3 is 2.37 bits per heavy atom. The van der Waals surface area contributed by atoms with Gasteiger partial charge in [-0.1, -0.05) is 0 Å². The summed E-state index contributed by atoms with van der Waals surface area (Å²) in [4.78, 5) is 10.9. The van der Waals surface area contributed by atoms with Crippen molar-refractivity contribution in [2.75, 3.05) is 12.4 Å². The van der Waals surface area contributed by atoms with E-state index < -0.39 is 30.4 Å². The van der Waals surface area contributed by atoms with Crippen molar-refractivity contribution in [3.8, 4) is 0 Å². The predicted molar refractivity (Wildman–Crippen MR) is 61.1 cm³/mol. The van der Waals surface area contributed by atoms with Crippen molar-refractivity contribution in [3.05, 3.63) is 30.1 Å². The molecule has 0 amide bonds. The number of carbonyl (C=O) groups excluding carboxylic acids is 1. The van der Waals surface area contributed by atoms with Crippen molar-refractivity contribution >= 4 is 11.7 Å². The number of alkyl halides is 3. The smallest absolute Gasteiger partial charge is 0.408 e. The molecular formula is C12H13F4NO2. The van der Waals surface area contributed by atoms with Crippen LogP contribution >= 0.6 is 0 Å². The Morgan fingerprint density at radius 1 is 1.32 bits per heavy atom. The van der Waals surface area contributed by atoms with Gasteiger partial charge in [-0.05, 0) is 30.7 Å². The van der Waals surface area contributed by atoms with Crippen LogP contribution in [-0.4, -0.2) is 25.3 Å². The molecule has 1 N–H and O–H groups in total. The van der Waals surface area contributed by atoms with E-state index >= 15 is 0 Å². The molecule has 0 aliphatic carbocycles. The summed E-state index contributed by atoms with van der Waals surface area (Å²) in [5, 5.41) is 2.23. The van der Waals surface area contributed by atoms with Crippen LogP contribution < -0.4 is 5.32 Å². The van der Waals surface area contributed by atoms with Gasteiger partial charge in [0, 0.05) is 12.1 Å². The fourth-order valence-corrected chi connectivity index (χ4v) is 1.43. The minimum absolute atomic E-state index is 0.133. The summed E-state index contributed by atoms with van der Waals surface area (Å²) < 4.78 is 55.2. The first-order valence-corrected chi connectivity index (χ1v) is 5.48. The standard InChI is InChI=1S/C12H13F4NO2/c1-19-11(18)7-6-10(12(14,15)16)17-9-4-2-8(13)3-5-9/h2-5,10,17H,6-7H2,1H3. The Morgan fingerprint density at radius 2 is 1.89 bits per heavy atom. The van der Waals surface area contributed by atoms with Gasteiger partial charge in [-0.15, -0.1) is 0 Å². The lowest BCUT2D eigenvalue weighted by Crippen LogP contribution is -2.36. The van der Waals surface area contributed by atoms with Crippen molar-refractivity contribution < 1.29 is 27.1 Å². The van der Waals surface area contributed by atoms with Crippen LogP contribution in [0.3, 0.4) is 0 Å². The fraction of sp³-hybridized carbons (Fsp3) is 0.417. The molecule has 0 fully saturated rings. The summed E-state index contributed by atoms with van der Waals surface area (Å²) in [6, 6.07) is 2.61. The number of halogens is 4. The zero-order chi connectivity index (χ0) is 14.5. The molecule has 0 aliphatic rings. The van der Waals surface area contributed by atoms with Gasteiger partial charge in [-0.2, -0.15) is 13.2 Å². The number of anilines is 1. The Hall–Kier alpha value is -1.79. The van der Waals surface area contributed by atoms with Crippen LogP contribution in [0.4, 0.5) is 23.2 Å². The van der Waals surface area contributed by atoms with E-state index in [-0.39, 0.29) is 12.1 Å². The summed E-state index contributed by atoms with van der Waals surface area (Å²) in [7, 11) is 1.11. The topological polar surface area (TPSA) is 38.3 Å². The lowest BCUT2D eigenvalue weighted by Gasteiger charge is -2.22. The monoisotopic (exact) mass is 279 g/mol. The Balaban J connectivity index is 2.69. The van der Waals surface area contributed by atoms with Crippen molar-refractivity contribution in [2.45, 2.75) is 25.1 Å². The van der Waals surface area contributed by atoms with Crippen LogP contribution in [0.1, 0.15) is 12.8 Å². The number of carbonyl (C=O) groups is 1. The molecule has 0 saturated heterocycles. The van der Waals surface area contributed by atoms with E-state index in [1.165, 1.54) is 12.1 Å². The normalized spacial score (nSPS) is 12.9. The molecule has 0 saturated carbocycles. The number of benzene rings is 1. The molecule has 1 rings (SSSR count). The molecule has 1 aromatic rings. The molecule has 19 heavy (non-hydrogen) atoms. The third kappa shape index (κ3) is 5.15. The first-order valence-electron chi connectivity index (χ1n) is 5.48. The van der Waals surface area contributed by atoms with E-state index in [1.807, 2.05) is 0 Å². The van der Waals surface area contributed by atoms with E-state index in [1.54, 1.807) is 0 Å². The fourth-order valence-electron chi connectivity index (χ4n) is 1.43.